The van der Waals surface area contributed by atoms with Crippen molar-refractivity contribution >= 4 is 11.8 Å². The number of hydrogen-bond acceptors (Lipinski definition) is 4. The summed E-state index contributed by atoms with van der Waals surface area (Å²) in [5.74, 6) is 0.511. The topological polar surface area (TPSA) is 64.7 Å². The van der Waals surface area contributed by atoms with Gasteiger partial charge in [0.05, 0.1) is 12.5 Å². The molecule has 0 radical (unpaired) electrons. The fraction of sp³-hybridized carbons (Fsp3) is 0.857. The van der Waals surface area contributed by atoms with Gasteiger partial charge < -0.3 is 15.5 Å². The number of carbonyl (C=O) groups excluding carboxylic acids is 2. The van der Waals surface area contributed by atoms with Gasteiger partial charge in [0.2, 0.25) is 11.8 Å². The largest absolute Gasteiger partial charge is 0.355 e. The molecule has 1 unspecified atom stereocenters. The average molecular weight is 282 g/mol. The molecule has 2 aliphatic heterocycles. The Morgan fingerprint density at radius 1 is 1.25 bits per heavy atom. The van der Waals surface area contributed by atoms with E-state index in [4.69, 9.17) is 0 Å². The van der Waals surface area contributed by atoms with Crippen LogP contribution < -0.4 is 10.6 Å². The predicted octanol–water partition coefficient (Wildman–Crippen LogP) is -0.734. The Kier molecular flexibility index (Phi) is 5.79. The summed E-state index contributed by atoms with van der Waals surface area (Å²) < 4.78 is 0. The lowest BCUT2D eigenvalue weighted by atomic mass is 9.98. The zero-order valence-corrected chi connectivity index (χ0v) is 12.4. The molecule has 20 heavy (non-hydrogen) atoms. The van der Waals surface area contributed by atoms with Crippen LogP contribution in [0.3, 0.4) is 0 Å². The van der Waals surface area contributed by atoms with E-state index in [1.54, 1.807) is 0 Å². The molecule has 6 heteroatoms. The van der Waals surface area contributed by atoms with Crippen molar-refractivity contribution in [2.75, 3.05) is 52.4 Å². The number of amides is 2. The Balaban J connectivity index is 1.73. The van der Waals surface area contributed by atoms with E-state index in [1.807, 2.05) is 11.8 Å². The van der Waals surface area contributed by atoms with Crippen LogP contribution >= 0.6 is 0 Å². The van der Waals surface area contributed by atoms with E-state index < -0.39 is 0 Å². The standard InChI is InChI=1S/C14H26N4O2/c1-2-16-13(19)11-17-6-8-18(9-7-17)14(20)12-4-3-5-15-10-12/h12,15H,2-11H2,1H3,(H,16,19). The van der Waals surface area contributed by atoms with E-state index in [1.165, 1.54) is 0 Å². The minimum atomic E-state index is 0.0729. The molecule has 2 rings (SSSR count). The zero-order chi connectivity index (χ0) is 14.4. The van der Waals surface area contributed by atoms with Crippen LogP contribution in [-0.2, 0) is 9.59 Å². The van der Waals surface area contributed by atoms with Crippen LogP contribution in [0.15, 0.2) is 0 Å². The van der Waals surface area contributed by atoms with Crippen molar-refractivity contribution in [3.05, 3.63) is 0 Å². The normalized spacial score (nSPS) is 24.4. The molecule has 2 N–H and O–H groups in total. The number of piperazine rings is 1. The van der Waals surface area contributed by atoms with Crippen molar-refractivity contribution in [3.8, 4) is 0 Å². The molecule has 0 aromatic rings. The van der Waals surface area contributed by atoms with E-state index in [-0.39, 0.29) is 17.7 Å². The minimum Gasteiger partial charge on any atom is -0.355 e. The highest BCUT2D eigenvalue weighted by Gasteiger charge is 2.28. The van der Waals surface area contributed by atoms with Crippen LogP contribution in [0.25, 0.3) is 0 Å². The van der Waals surface area contributed by atoms with E-state index in [0.717, 1.165) is 52.1 Å². The molecule has 114 valence electrons. The van der Waals surface area contributed by atoms with Gasteiger partial charge in [-0.25, -0.2) is 0 Å². The highest BCUT2D eigenvalue weighted by Crippen LogP contribution is 2.14. The Morgan fingerprint density at radius 2 is 2.00 bits per heavy atom. The second kappa shape index (κ2) is 7.59. The fourth-order valence-corrected chi connectivity index (χ4v) is 2.90. The van der Waals surface area contributed by atoms with E-state index in [2.05, 4.69) is 15.5 Å². The van der Waals surface area contributed by atoms with Crippen LogP contribution in [0, 0.1) is 5.92 Å². The first-order chi connectivity index (χ1) is 9.70. The van der Waals surface area contributed by atoms with Crippen LogP contribution in [0.2, 0.25) is 0 Å². The molecule has 0 saturated carbocycles. The quantitative estimate of drug-likeness (QED) is 0.713. The third-order valence-corrected chi connectivity index (χ3v) is 4.07. The average Bonchev–Trinajstić information content (AvgIpc) is 2.48. The van der Waals surface area contributed by atoms with Crippen molar-refractivity contribution < 1.29 is 9.59 Å². The molecule has 2 heterocycles. The van der Waals surface area contributed by atoms with Gasteiger partial charge in [0.1, 0.15) is 0 Å². The molecule has 2 fully saturated rings. The molecular weight excluding hydrogens is 256 g/mol. The summed E-state index contributed by atoms with van der Waals surface area (Å²) in [5, 5.41) is 6.10. The number of nitrogens with zero attached hydrogens (tertiary/aromatic N) is 2. The lowest BCUT2D eigenvalue weighted by Crippen LogP contribution is -2.53. The van der Waals surface area contributed by atoms with Gasteiger partial charge in [-0.2, -0.15) is 0 Å². The summed E-state index contributed by atoms with van der Waals surface area (Å²) in [4.78, 5) is 28.0. The Hall–Kier alpha value is -1.14. The number of carbonyl (C=O) groups is 2. The van der Waals surface area contributed by atoms with Crippen LogP contribution in [0.4, 0.5) is 0 Å². The summed E-state index contributed by atoms with van der Waals surface area (Å²) in [6.45, 7) is 7.97. The molecule has 0 spiro atoms. The van der Waals surface area contributed by atoms with Crippen LogP contribution in [0.1, 0.15) is 19.8 Å². The summed E-state index contributed by atoms with van der Waals surface area (Å²) in [6.07, 6.45) is 2.10. The maximum atomic E-state index is 12.4. The maximum Gasteiger partial charge on any atom is 0.234 e. The van der Waals surface area contributed by atoms with Crippen LogP contribution in [-0.4, -0.2) is 74.0 Å². The van der Waals surface area contributed by atoms with Gasteiger partial charge in [-0.15, -0.1) is 0 Å². The van der Waals surface area contributed by atoms with Crippen molar-refractivity contribution in [1.29, 1.82) is 0 Å². The zero-order valence-electron chi connectivity index (χ0n) is 12.4. The third-order valence-electron chi connectivity index (χ3n) is 4.07. The van der Waals surface area contributed by atoms with Crippen molar-refractivity contribution in [1.82, 2.24) is 20.4 Å². The van der Waals surface area contributed by atoms with Crippen LogP contribution in [0.5, 0.6) is 0 Å². The molecule has 2 saturated heterocycles. The highest BCUT2D eigenvalue weighted by atomic mass is 16.2. The van der Waals surface area contributed by atoms with Crippen molar-refractivity contribution in [2.45, 2.75) is 19.8 Å². The number of likely N-dealkylation sites (N-methyl/N-ethyl adjacent to an activating group) is 1. The number of nitrogens with one attached hydrogen (secondary N) is 2. The summed E-state index contributed by atoms with van der Waals surface area (Å²) in [7, 11) is 0. The van der Waals surface area contributed by atoms with Crippen molar-refractivity contribution in [2.24, 2.45) is 5.92 Å². The molecule has 0 aromatic heterocycles. The minimum absolute atomic E-state index is 0.0729. The first-order valence-corrected chi connectivity index (χ1v) is 7.69. The lowest BCUT2D eigenvalue weighted by Gasteiger charge is -2.36. The first-order valence-electron chi connectivity index (χ1n) is 7.69. The SMILES string of the molecule is CCNC(=O)CN1CCN(C(=O)C2CCCNC2)CC1. The molecule has 0 aliphatic carbocycles. The van der Waals surface area contributed by atoms with Gasteiger partial charge in [0.25, 0.3) is 0 Å². The lowest BCUT2D eigenvalue weighted by molar-refractivity contribution is -0.138. The highest BCUT2D eigenvalue weighted by molar-refractivity contribution is 5.79. The Labute approximate surface area is 120 Å². The Bertz CT molecular complexity index is 334. The summed E-state index contributed by atoms with van der Waals surface area (Å²) in [5.41, 5.74) is 0. The molecule has 0 bridgehead atoms. The van der Waals surface area contributed by atoms with E-state index in [9.17, 15) is 9.59 Å². The maximum absolute atomic E-state index is 12.4. The monoisotopic (exact) mass is 282 g/mol. The molecule has 2 aliphatic rings. The van der Waals surface area contributed by atoms with E-state index >= 15 is 0 Å². The fourth-order valence-electron chi connectivity index (χ4n) is 2.90. The van der Waals surface area contributed by atoms with Gasteiger partial charge in [0.15, 0.2) is 0 Å². The van der Waals surface area contributed by atoms with E-state index in [0.29, 0.717) is 13.1 Å². The van der Waals surface area contributed by atoms with Gasteiger partial charge >= 0.3 is 0 Å². The van der Waals surface area contributed by atoms with Gasteiger partial charge in [-0.3, -0.25) is 14.5 Å². The number of piperidine rings is 1. The Morgan fingerprint density at radius 3 is 2.60 bits per heavy atom. The number of hydrogen-bond donors (Lipinski definition) is 2. The van der Waals surface area contributed by atoms with Gasteiger partial charge in [-0.1, -0.05) is 0 Å². The molecule has 1 atom stereocenters. The second-order valence-corrected chi connectivity index (χ2v) is 5.60. The van der Waals surface area contributed by atoms with Gasteiger partial charge in [-0.05, 0) is 26.3 Å². The first kappa shape index (κ1) is 15.3. The second-order valence-electron chi connectivity index (χ2n) is 5.60. The molecule has 0 aromatic carbocycles. The molecular formula is C14H26N4O2. The summed E-state index contributed by atoms with van der Waals surface area (Å²) in [6, 6.07) is 0. The van der Waals surface area contributed by atoms with Crippen molar-refractivity contribution in [3.63, 3.8) is 0 Å². The molecule has 6 nitrogen and oxygen atoms in total. The number of rotatable bonds is 4. The van der Waals surface area contributed by atoms with Gasteiger partial charge in [0, 0.05) is 39.3 Å². The smallest absolute Gasteiger partial charge is 0.234 e. The third kappa shape index (κ3) is 4.18. The molecule has 2 amide bonds. The predicted molar refractivity (Wildman–Crippen MR) is 77.3 cm³/mol. The summed E-state index contributed by atoms with van der Waals surface area (Å²) >= 11 is 0.